The molecule has 1 aliphatic rings. The Labute approximate surface area is 127 Å². The molecule has 1 heterocycles. The Morgan fingerprint density at radius 2 is 2.10 bits per heavy atom. The topological polar surface area (TPSA) is 73.5 Å². The lowest BCUT2D eigenvalue weighted by molar-refractivity contribution is -0.133. The van der Waals surface area contributed by atoms with Crippen molar-refractivity contribution in [1.82, 2.24) is 4.90 Å². The molecule has 0 spiro atoms. The first-order valence-electron chi connectivity index (χ1n) is 7.63. The summed E-state index contributed by atoms with van der Waals surface area (Å²) in [5, 5.41) is 9.14. The van der Waals surface area contributed by atoms with Crippen molar-refractivity contribution < 1.29 is 9.59 Å². The highest BCUT2D eigenvalue weighted by Gasteiger charge is 2.35. The van der Waals surface area contributed by atoms with E-state index in [4.69, 9.17) is 5.26 Å². The molecule has 1 unspecified atom stereocenters. The smallest absolute Gasteiger partial charge is 0.248 e. The van der Waals surface area contributed by atoms with Crippen LogP contribution in [-0.2, 0) is 9.59 Å². The zero-order chi connectivity index (χ0) is 16.0. The average Bonchev–Trinajstić information content (AvgIpc) is 2.90. The number of aliphatic imine (C=N–C) groups is 1. The lowest BCUT2D eigenvalue weighted by Gasteiger charge is -2.27. The molecule has 1 aliphatic heterocycles. The van der Waals surface area contributed by atoms with Crippen LogP contribution in [0.25, 0.3) is 0 Å². The first kappa shape index (κ1) is 17.4. The maximum atomic E-state index is 12.7. The van der Waals surface area contributed by atoms with E-state index >= 15 is 0 Å². The van der Waals surface area contributed by atoms with Crippen molar-refractivity contribution in [1.29, 1.82) is 5.26 Å². The van der Waals surface area contributed by atoms with E-state index in [0.717, 1.165) is 19.3 Å². The number of Topliss-reactive ketones (excluding diaryl/α,β-unsaturated/α-hetero) is 1. The van der Waals surface area contributed by atoms with E-state index in [0.29, 0.717) is 12.3 Å². The summed E-state index contributed by atoms with van der Waals surface area (Å²) in [5.74, 6) is 0.0679. The van der Waals surface area contributed by atoms with E-state index in [-0.39, 0.29) is 30.1 Å². The van der Waals surface area contributed by atoms with E-state index in [2.05, 4.69) is 11.1 Å². The number of amides is 1. The van der Waals surface area contributed by atoms with Gasteiger partial charge in [0.2, 0.25) is 5.91 Å². The van der Waals surface area contributed by atoms with Crippen LogP contribution in [-0.4, -0.2) is 40.9 Å². The van der Waals surface area contributed by atoms with Crippen molar-refractivity contribution in [3.8, 4) is 6.07 Å². The summed E-state index contributed by atoms with van der Waals surface area (Å²) in [6.07, 6.45) is 2.72. The van der Waals surface area contributed by atoms with Crippen LogP contribution in [0.1, 0.15) is 53.4 Å². The Hall–Kier alpha value is -1.70. The van der Waals surface area contributed by atoms with E-state index in [9.17, 15) is 9.59 Å². The quantitative estimate of drug-likeness (QED) is 0.705. The molecule has 0 aromatic heterocycles. The van der Waals surface area contributed by atoms with Gasteiger partial charge >= 0.3 is 0 Å². The van der Waals surface area contributed by atoms with Crippen LogP contribution in [0.15, 0.2) is 4.99 Å². The van der Waals surface area contributed by atoms with Crippen molar-refractivity contribution >= 4 is 17.4 Å². The minimum Gasteiger partial charge on any atom is -0.325 e. The van der Waals surface area contributed by atoms with E-state index < -0.39 is 6.04 Å². The largest absolute Gasteiger partial charge is 0.325 e. The fourth-order valence-electron chi connectivity index (χ4n) is 2.63. The van der Waals surface area contributed by atoms with Crippen LogP contribution in [0.5, 0.6) is 0 Å². The average molecular weight is 291 g/mol. The third kappa shape index (κ3) is 4.66. The molecule has 0 N–H and O–H groups in total. The van der Waals surface area contributed by atoms with Crippen LogP contribution in [0, 0.1) is 17.2 Å². The Morgan fingerprint density at radius 3 is 2.62 bits per heavy atom. The van der Waals surface area contributed by atoms with Crippen molar-refractivity contribution in [3.05, 3.63) is 0 Å². The Morgan fingerprint density at radius 1 is 1.43 bits per heavy atom. The number of carbonyl (C=O) groups is 2. The lowest BCUT2D eigenvalue weighted by atomic mass is 9.97. The molecule has 5 heteroatoms. The van der Waals surface area contributed by atoms with Crippen LogP contribution in [0.2, 0.25) is 0 Å². The molecular weight excluding hydrogens is 266 g/mol. The molecule has 116 valence electrons. The van der Waals surface area contributed by atoms with Gasteiger partial charge < -0.3 is 4.90 Å². The number of ketones is 1. The van der Waals surface area contributed by atoms with Gasteiger partial charge in [-0.15, -0.1) is 0 Å². The molecule has 0 saturated carbocycles. The molecule has 1 amide bonds. The van der Waals surface area contributed by atoms with E-state index in [1.165, 1.54) is 6.92 Å². The van der Waals surface area contributed by atoms with E-state index in [1.807, 2.05) is 13.8 Å². The first-order valence-corrected chi connectivity index (χ1v) is 7.63. The second-order valence-electron chi connectivity index (χ2n) is 5.89. The monoisotopic (exact) mass is 291 g/mol. The summed E-state index contributed by atoms with van der Waals surface area (Å²) in [6, 6.07) is 1.39. The highest BCUT2D eigenvalue weighted by atomic mass is 16.2. The van der Waals surface area contributed by atoms with Crippen molar-refractivity contribution in [2.75, 3.05) is 6.54 Å². The molecule has 1 fully saturated rings. The fourth-order valence-corrected chi connectivity index (χ4v) is 2.63. The number of nitrogens with zero attached hydrogens (tertiary/aromatic N) is 3. The van der Waals surface area contributed by atoms with Gasteiger partial charge in [0.1, 0.15) is 17.9 Å². The van der Waals surface area contributed by atoms with Crippen LogP contribution in [0.4, 0.5) is 0 Å². The van der Waals surface area contributed by atoms with Crippen LogP contribution < -0.4 is 0 Å². The second kappa shape index (κ2) is 7.92. The molecular formula is C16H25N3O2. The molecule has 5 nitrogen and oxygen atoms in total. The Kier molecular flexibility index (Phi) is 6.54. The SMILES string of the molecule is CCC(C)[C@H](N=C(C)CC(C)=O)C(=O)N1CCC[C@H]1C#N. The maximum Gasteiger partial charge on any atom is 0.248 e. The predicted octanol–water partition coefficient (Wildman–Crippen LogP) is 2.36. The van der Waals surface area contributed by atoms with Crippen LogP contribution >= 0.6 is 0 Å². The molecule has 0 aromatic carbocycles. The number of rotatable bonds is 6. The molecule has 1 rings (SSSR count). The summed E-state index contributed by atoms with van der Waals surface area (Å²) in [4.78, 5) is 30.0. The van der Waals surface area contributed by atoms with Crippen molar-refractivity contribution in [3.63, 3.8) is 0 Å². The van der Waals surface area contributed by atoms with Gasteiger partial charge in [0.25, 0.3) is 0 Å². The minimum absolute atomic E-state index is 0.0441. The first-order chi connectivity index (χ1) is 9.90. The second-order valence-corrected chi connectivity index (χ2v) is 5.89. The number of hydrogen-bond donors (Lipinski definition) is 0. The van der Waals surface area contributed by atoms with Crippen molar-refractivity contribution in [2.24, 2.45) is 10.9 Å². The van der Waals surface area contributed by atoms with Gasteiger partial charge in [-0.25, -0.2) is 0 Å². The molecule has 21 heavy (non-hydrogen) atoms. The van der Waals surface area contributed by atoms with Crippen LogP contribution in [0.3, 0.4) is 0 Å². The number of hydrogen-bond acceptors (Lipinski definition) is 4. The third-order valence-corrected chi connectivity index (χ3v) is 3.99. The molecule has 0 aromatic rings. The number of nitriles is 1. The Balaban J connectivity index is 2.95. The molecule has 3 atom stereocenters. The maximum absolute atomic E-state index is 12.7. The van der Waals surface area contributed by atoms with Gasteiger partial charge in [-0.3, -0.25) is 14.6 Å². The minimum atomic E-state index is -0.483. The van der Waals surface area contributed by atoms with Gasteiger partial charge in [-0.1, -0.05) is 20.3 Å². The molecule has 0 bridgehead atoms. The predicted molar refractivity (Wildman–Crippen MR) is 82.0 cm³/mol. The Bertz CT molecular complexity index is 465. The van der Waals surface area contributed by atoms with Gasteiger partial charge in [0, 0.05) is 18.7 Å². The number of carbonyl (C=O) groups excluding carboxylic acids is 2. The summed E-state index contributed by atoms with van der Waals surface area (Å²) in [6.45, 7) is 7.95. The molecule has 0 radical (unpaired) electrons. The summed E-state index contributed by atoms with van der Waals surface area (Å²) >= 11 is 0. The van der Waals surface area contributed by atoms with Gasteiger partial charge in [0.05, 0.1) is 6.07 Å². The van der Waals surface area contributed by atoms with E-state index in [1.54, 1.807) is 11.8 Å². The van der Waals surface area contributed by atoms with Gasteiger partial charge in [-0.05, 0) is 32.6 Å². The lowest BCUT2D eigenvalue weighted by Crippen LogP contribution is -2.43. The standard InChI is InChI=1S/C16H25N3O2/c1-5-11(2)15(18-12(3)9-13(4)20)16(21)19-8-6-7-14(19)10-17/h11,14-15H,5-9H2,1-4H3/t11?,14-,15-/m0/s1. The zero-order valence-corrected chi connectivity index (χ0v) is 13.4. The zero-order valence-electron chi connectivity index (χ0n) is 13.4. The fraction of sp³-hybridized carbons (Fsp3) is 0.750. The normalized spacial score (nSPS) is 21.8. The van der Waals surface area contributed by atoms with Gasteiger partial charge in [0.15, 0.2) is 0 Å². The highest BCUT2D eigenvalue weighted by molar-refractivity contribution is 6.00. The molecule has 0 aliphatic carbocycles. The molecule has 1 saturated heterocycles. The van der Waals surface area contributed by atoms with Gasteiger partial charge in [-0.2, -0.15) is 5.26 Å². The summed E-state index contributed by atoms with van der Waals surface area (Å²) in [5.41, 5.74) is 0.689. The number of likely N-dealkylation sites (tertiary alicyclic amines) is 1. The summed E-state index contributed by atoms with van der Waals surface area (Å²) in [7, 11) is 0. The third-order valence-electron chi connectivity index (χ3n) is 3.99. The van der Waals surface area contributed by atoms with Crippen molar-refractivity contribution in [2.45, 2.75) is 65.5 Å². The summed E-state index contributed by atoms with van der Waals surface area (Å²) < 4.78 is 0. The highest BCUT2D eigenvalue weighted by Crippen LogP contribution is 2.22.